The summed E-state index contributed by atoms with van der Waals surface area (Å²) in [5.74, 6) is -0.232. The molecule has 0 spiro atoms. The molecular formula is C17H25N5O4S. The van der Waals surface area contributed by atoms with Crippen molar-refractivity contribution >= 4 is 27.0 Å². The highest BCUT2D eigenvalue weighted by Crippen LogP contribution is 2.27. The van der Waals surface area contributed by atoms with Crippen LogP contribution in [-0.4, -0.2) is 66.5 Å². The SMILES string of the molecule is CCCNC(=O)C1CCCN1S(=O)(=O)c1ccc2c(c1)nnn2CCOC. The van der Waals surface area contributed by atoms with Crippen LogP contribution in [0, 0.1) is 0 Å². The molecule has 1 aliphatic heterocycles. The second kappa shape index (κ2) is 8.32. The molecule has 1 aromatic carbocycles. The lowest BCUT2D eigenvalue weighted by molar-refractivity contribution is -0.124. The molecule has 1 fully saturated rings. The number of nitrogens with one attached hydrogen (secondary N) is 1. The first-order valence-corrected chi connectivity index (χ1v) is 10.5. The monoisotopic (exact) mass is 395 g/mol. The maximum absolute atomic E-state index is 13.1. The van der Waals surface area contributed by atoms with Crippen LogP contribution in [0.4, 0.5) is 0 Å². The van der Waals surface area contributed by atoms with Gasteiger partial charge in [0.05, 0.1) is 23.6 Å². The Labute approximate surface area is 158 Å². The second-order valence-electron chi connectivity index (χ2n) is 6.52. The maximum Gasteiger partial charge on any atom is 0.243 e. The van der Waals surface area contributed by atoms with Crippen molar-refractivity contribution in [3.8, 4) is 0 Å². The first-order valence-electron chi connectivity index (χ1n) is 9.10. The van der Waals surface area contributed by atoms with Crippen LogP contribution in [0.3, 0.4) is 0 Å². The summed E-state index contributed by atoms with van der Waals surface area (Å²) in [4.78, 5) is 12.5. The Bertz CT molecular complexity index is 911. The third-order valence-electron chi connectivity index (χ3n) is 4.65. The van der Waals surface area contributed by atoms with Crippen molar-refractivity contribution in [2.75, 3.05) is 26.8 Å². The normalized spacial score (nSPS) is 18.2. The summed E-state index contributed by atoms with van der Waals surface area (Å²) in [5, 5.41) is 10.9. The fraction of sp³-hybridized carbons (Fsp3) is 0.588. The van der Waals surface area contributed by atoms with Gasteiger partial charge < -0.3 is 10.1 Å². The zero-order valence-electron chi connectivity index (χ0n) is 15.6. The maximum atomic E-state index is 13.1. The Morgan fingerprint density at radius 1 is 1.41 bits per heavy atom. The fourth-order valence-electron chi connectivity index (χ4n) is 3.25. The number of hydrogen-bond donors (Lipinski definition) is 1. The standard InChI is InChI=1S/C17H25N5O4S/c1-3-8-18-17(23)16-5-4-9-22(16)27(24,25)13-6-7-15-14(12-13)19-20-21(15)10-11-26-2/h6-7,12,16H,3-5,8-11H2,1-2H3,(H,18,23). The van der Waals surface area contributed by atoms with Gasteiger partial charge in [0.2, 0.25) is 15.9 Å². The van der Waals surface area contributed by atoms with Crippen LogP contribution in [0.25, 0.3) is 11.0 Å². The number of carbonyl (C=O) groups is 1. The first kappa shape index (κ1) is 19.7. The Kier molecular flexibility index (Phi) is 6.08. The fourth-order valence-corrected chi connectivity index (χ4v) is 4.92. The molecule has 2 heterocycles. The summed E-state index contributed by atoms with van der Waals surface area (Å²) >= 11 is 0. The smallest absolute Gasteiger partial charge is 0.243 e. The Hall–Kier alpha value is -2.04. The summed E-state index contributed by atoms with van der Waals surface area (Å²) in [5.41, 5.74) is 1.24. The molecule has 0 aliphatic carbocycles. The molecule has 1 unspecified atom stereocenters. The predicted molar refractivity (Wildman–Crippen MR) is 99.6 cm³/mol. The average Bonchev–Trinajstić information content (AvgIpc) is 3.31. The molecule has 3 rings (SSSR count). The van der Waals surface area contributed by atoms with Gasteiger partial charge in [-0.1, -0.05) is 12.1 Å². The van der Waals surface area contributed by atoms with Gasteiger partial charge in [0.1, 0.15) is 11.6 Å². The third kappa shape index (κ3) is 3.97. The van der Waals surface area contributed by atoms with E-state index in [4.69, 9.17) is 4.74 Å². The minimum atomic E-state index is -3.79. The Morgan fingerprint density at radius 2 is 2.22 bits per heavy atom. The summed E-state index contributed by atoms with van der Waals surface area (Å²) in [6, 6.07) is 4.10. The van der Waals surface area contributed by atoms with Gasteiger partial charge in [-0.05, 0) is 37.5 Å². The van der Waals surface area contributed by atoms with E-state index in [0.717, 1.165) is 11.9 Å². The lowest BCUT2D eigenvalue weighted by Crippen LogP contribution is -2.46. The molecule has 1 saturated heterocycles. The van der Waals surface area contributed by atoms with Crippen LogP contribution >= 0.6 is 0 Å². The highest BCUT2D eigenvalue weighted by molar-refractivity contribution is 7.89. The van der Waals surface area contributed by atoms with Crippen LogP contribution in [0.15, 0.2) is 23.1 Å². The van der Waals surface area contributed by atoms with Crippen molar-refractivity contribution in [1.29, 1.82) is 0 Å². The van der Waals surface area contributed by atoms with Crippen LogP contribution in [0.1, 0.15) is 26.2 Å². The summed E-state index contributed by atoms with van der Waals surface area (Å²) in [6.45, 7) is 3.86. The van der Waals surface area contributed by atoms with E-state index in [1.165, 1.54) is 10.4 Å². The van der Waals surface area contributed by atoms with Gasteiger partial charge in [0.15, 0.2) is 0 Å². The number of nitrogens with zero attached hydrogens (tertiary/aromatic N) is 4. The number of ether oxygens (including phenoxy) is 1. The van der Waals surface area contributed by atoms with Gasteiger partial charge in [0, 0.05) is 20.2 Å². The molecule has 9 nitrogen and oxygen atoms in total. The summed E-state index contributed by atoms with van der Waals surface area (Å²) in [7, 11) is -2.18. The van der Waals surface area contributed by atoms with Crippen molar-refractivity contribution in [2.45, 2.75) is 43.7 Å². The number of benzene rings is 1. The average molecular weight is 395 g/mol. The molecule has 1 aliphatic rings. The van der Waals surface area contributed by atoms with Crippen LogP contribution in [-0.2, 0) is 26.1 Å². The van der Waals surface area contributed by atoms with E-state index in [0.29, 0.717) is 44.6 Å². The van der Waals surface area contributed by atoms with Crippen molar-refractivity contribution in [3.05, 3.63) is 18.2 Å². The Balaban J connectivity index is 1.86. The molecule has 0 saturated carbocycles. The number of amides is 1. The van der Waals surface area contributed by atoms with Crippen LogP contribution < -0.4 is 5.32 Å². The molecule has 27 heavy (non-hydrogen) atoms. The highest BCUT2D eigenvalue weighted by atomic mass is 32.2. The van der Waals surface area contributed by atoms with Crippen LogP contribution in [0.2, 0.25) is 0 Å². The molecule has 0 bridgehead atoms. The molecule has 148 valence electrons. The molecule has 1 amide bonds. The van der Waals surface area contributed by atoms with Gasteiger partial charge >= 0.3 is 0 Å². The zero-order valence-corrected chi connectivity index (χ0v) is 16.4. The number of rotatable bonds is 8. The van der Waals surface area contributed by atoms with E-state index in [-0.39, 0.29) is 10.8 Å². The van der Waals surface area contributed by atoms with Crippen molar-refractivity contribution in [2.24, 2.45) is 0 Å². The van der Waals surface area contributed by atoms with E-state index in [2.05, 4.69) is 15.6 Å². The molecule has 1 aromatic heterocycles. The van der Waals surface area contributed by atoms with E-state index in [9.17, 15) is 13.2 Å². The van der Waals surface area contributed by atoms with Gasteiger partial charge in [-0.3, -0.25) is 4.79 Å². The number of hydrogen-bond acceptors (Lipinski definition) is 6. The van der Waals surface area contributed by atoms with Gasteiger partial charge in [-0.15, -0.1) is 5.10 Å². The quantitative estimate of drug-likeness (QED) is 0.707. The first-order chi connectivity index (χ1) is 13.0. The number of methoxy groups -OCH3 is 1. The van der Waals surface area contributed by atoms with Crippen molar-refractivity contribution in [1.82, 2.24) is 24.6 Å². The van der Waals surface area contributed by atoms with E-state index in [1.807, 2.05) is 6.92 Å². The van der Waals surface area contributed by atoms with E-state index < -0.39 is 16.1 Å². The molecule has 1 atom stereocenters. The number of fused-ring (bicyclic) bond motifs is 1. The number of aromatic nitrogens is 3. The van der Waals surface area contributed by atoms with Crippen molar-refractivity contribution in [3.63, 3.8) is 0 Å². The molecule has 1 N–H and O–H groups in total. The summed E-state index contributed by atoms with van der Waals surface area (Å²) in [6.07, 6.45) is 2.00. The lowest BCUT2D eigenvalue weighted by atomic mass is 10.2. The summed E-state index contributed by atoms with van der Waals surface area (Å²) < 4.78 is 34.2. The highest BCUT2D eigenvalue weighted by Gasteiger charge is 2.39. The van der Waals surface area contributed by atoms with Crippen LogP contribution in [0.5, 0.6) is 0 Å². The van der Waals surface area contributed by atoms with E-state index in [1.54, 1.807) is 23.9 Å². The minimum absolute atomic E-state index is 0.129. The number of sulfonamides is 1. The minimum Gasteiger partial charge on any atom is -0.383 e. The molecule has 2 aromatic rings. The topological polar surface area (TPSA) is 106 Å². The van der Waals surface area contributed by atoms with Gasteiger partial charge in [0.25, 0.3) is 0 Å². The molecule has 10 heteroatoms. The molecular weight excluding hydrogens is 370 g/mol. The van der Waals surface area contributed by atoms with E-state index >= 15 is 0 Å². The zero-order chi connectivity index (χ0) is 19.4. The second-order valence-corrected chi connectivity index (χ2v) is 8.41. The molecule has 0 radical (unpaired) electrons. The van der Waals surface area contributed by atoms with Gasteiger partial charge in [-0.25, -0.2) is 13.1 Å². The lowest BCUT2D eigenvalue weighted by Gasteiger charge is -2.23. The predicted octanol–water partition coefficient (Wildman–Crippen LogP) is 0.757. The Morgan fingerprint density at radius 3 is 2.96 bits per heavy atom. The van der Waals surface area contributed by atoms with Crippen molar-refractivity contribution < 1.29 is 17.9 Å². The third-order valence-corrected chi connectivity index (χ3v) is 6.56. The largest absolute Gasteiger partial charge is 0.383 e. The van der Waals surface area contributed by atoms with Gasteiger partial charge in [-0.2, -0.15) is 4.31 Å². The number of carbonyl (C=O) groups excluding carboxylic acids is 1.